The third kappa shape index (κ3) is 2.87. The van der Waals surface area contributed by atoms with Crippen LogP contribution in [0.15, 0.2) is 42.0 Å². The summed E-state index contributed by atoms with van der Waals surface area (Å²) in [4.78, 5) is 12.1. The number of fused-ring (bicyclic) bond motifs is 1. The average Bonchev–Trinajstić information content (AvgIpc) is 2.79. The van der Waals surface area contributed by atoms with E-state index >= 15 is 0 Å². The van der Waals surface area contributed by atoms with Crippen molar-refractivity contribution in [2.45, 2.75) is 26.9 Å². The normalized spacial score (nSPS) is 15.5. The lowest BCUT2D eigenvalue weighted by Crippen LogP contribution is -2.10. The Hall–Kier alpha value is -2.03. The van der Waals surface area contributed by atoms with Gasteiger partial charge >= 0.3 is 5.97 Å². The number of ether oxygens (including phenoxy) is 2. The summed E-state index contributed by atoms with van der Waals surface area (Å²) in [5.74, 6) is 0.314. The molecule has 0 aromatic heterocycles. The van der Waals surface area contributed by atoms with Gasteiger partial charge < -0.3 is 9.47 Å². The summed E-state index contributed by atoms with van der Waals surface area (Å²) in [6.45, 7) is 8.41. The van der Waals surface area contributed by atoms with Gasteiger partial charge in [0.05, 0.1) is 12.2 Å². The lowest BCUT2D eigenvalue weighted by Gasteiger charge is -2.11. The fourth-order valence-electron chi connectivity index (χ4n) is 2.11. The molecule has 1 aliphatic rings. The van der Waals surface area contributed by atoms with Gasteiger partial charge in [0.25, 0.3) is 0 Å². The molecule has 0 saturated carbocycles. The number of esters is 1. The molecular formula is C16H18O3. The van der Waals surface area contributed by atoms with Gasteiger partial charge in [-0.25, -0.2) is 4.79 Å². The maximum Gasteiger partial charge on any atom is 0.338 e. The number of benzene rings is 1. The molecule has 0 unspecified atom stereocenters. The van der Waals surface area contributed by atoms with Gasteiger partial charge in [-0.1, -0.05) is 36.4 Å². The van der Waals surface area contributed by atoms with Gasteiger partial charge in [0.2, 0.25) is 0 Å². The van der Waals surface area contributed by atoms with Gasteiger partial charge in [0.15, 0.2) is 0 Å². The maximum atomic E-state index is 12.1. The van der Waals surface area contributed by atoms with E-state index in [-0.39, 0.29) is 5.97 Å². The van der Waals surface area contributed by atoms with Crippen molar-refractivity contribution in [1.29, 1.82) is 0 Å². The van der Waals surface area contributed by atoms with Gasteiger partial charge in [-0.2, -0.15) is 0 Å². The zero-order valence-electron chi connectivity index (χ0n) is 11.4. The van der Waals surface area contributed by atoms with E-state index in [1.165, 1.54) is 0 Å². The second kappa shape index (κ2) is 5.74. The van der Waals surface area contributed by atoms with Crippen LogP contribution < -0.4 is 0 Å². The minimum atomic E-state index is -0.322. The van der Waals surface area contributed by atoms with E-state index in [0.29, 0.717) is 31.0 Å². The molecule has 100 valence electrons. The number of carbonyl (C=O) groups is 1. The molecule has 0 atom stereocenters. The third-order valence-corrected chi connectivity index (χ3v) is 2.91. The molecule has 0 spiro atoms. The number of rotatable bonds is 4. The van der Waals surface area contributed by atoms with Crippen LogP contribution in [0.2, 0.25) is 0 Å². The molecule has 3 nitrogen and oxygen atoms in total. The lowest BCUT2D eigenvalue weighted by atomic mass is 10.0. The van der Waals surface area contributed by atoms with Crippen molar-refractivity contribution in [2.75, 3.05) is 6.61 Å². The smallest absolute Gasteiger partial charge is 0.338 e. The second-order valence-corrected chi connectivity index (χ2v) is 4.61. The summed E-state index contributed by atoms with van der Waals surface area (Å²) < 4.78 is 10.8. The Kier molecular flexibility index (Phi) is 4.05. The molecule has 3 heteroatoms. The molecular weight excluding hydrogens is 240 g/mol. The summed E-state index contributed by atoms with van der Waals surface area (Å²) >= 11 is 0. The Balaban J connectivity index is 2.45. The first-order valence-electron chi connectivity index (χ1n) is 6.39. The Morgan fingerprint density at radius 1 is 1.42 bits per heavy atom. The van der Waals surface area contributed by atoms with E-state index in [0.717, 1.165) is 16.7 Å². The third-order valence-electron chi connectivity index (χ3n) is 2.91. The van der Waals surface area contributed by atoms with Gasteiger partial charge in [0.1, 0.15) is 12.4 Å². The van der Waals surface area contributed by atoms with Crippen LogP contribution in [-0.2, 0) is 20.9 Å². The highest BCUT2D eigenvalue weighted by Crippen LogP contribution is 2.34. The molecule has 19 heavy (non-hydrogen) atoms. The van der Waals surface area contributed by atoms with Crippen LogP contribution in [0.4, 0.5) is 0 Å². The molecule has 1 heterocycles. The van der Waals surface area contributed by atoms with E-state index in [2.05, 4.69) is 6.58 Å². The maximum absolute atomic E-state index is 12.1. The quantitative estimate of drug-likeness (QED) is 0.471. The van der Waals surface area contributed by atoms with Crippen LogP contribution in [0.25, 0.3) is 5.76 Å². The topological polar surface area (TPSA) is 35.5 Å². The van der Waals surface area contributed by atoms with Crippen molar-refractivity contribution in [2.24, 2.45) is 0 Å². The van der Waals surface area contributed by atoms with Gasteiger partial charge in [0, 0.05) is 17.5 Å². The minimum absolute atomic E-state index is 0.322. The first-order valence-corrected chi connectivity index (χ1v) is 6.39. The van der Waals surface area contributed by atoms with E-state index in [1.807, 2.05) is 31.2 Å². The highest BCUT2D eigenvalue weighted by atomic mass is 16.5. The highest BCUT2D eigenvalue weighted by molar-refractivity contribution is 5.97. The van der Waals surface area contributed by atoms with Crippen molar-refractivity contribution >= 4 is 11.7 Å². The van der Waals surface area contributed by atoms with Crippen LogP contribution in [0.3, 0.4) is 0 Å². The number of hydrogen-bond donors (Lipinski definition) is 0. The highest BCUT2D eigenvalue weighted by Gasteiger charge is 2.25. The summed E-state index contributed by atoms with van der Waals surface area (Å²) in [5, 5.41) is 0. The molecule has 0 aliphatic carbocycles. The molecule has 0 N–H and O–H groups in total. The molecule has 0 bridgehead atoms. The summed E-state index contributed by atoms with van der Waals surface area (Å²) in [7, 11) is 0. The number of hydrogen-bond acceptors (Lipinski definition) is 3. The number of carbonyl (C=O) groups excluding carboxylic acids is 1. The zero-order chi connectivity index (χ0) is 13.8. The van der Waals surface area contributed by atoms with E-state index in [9.17, 15) is 4.79 Å². The zero-order valence-corrected chi connectivity index (χ0v) is 11.4. The lowest BCUT2D eigenvalue weighted by molar-refractivity contribution is -0.138. The van der Waals surface area contributed by atoms with E-state index in [4.69, 9.17) is 9.47 Å². The van der Waals surface area contributed by atoms with Crippen molar-refractivity contribution in [3.05, 3.63) is 53.1 Å². The van der Waals surface area contributed by atoms with Gasteiger partial charge in [-0.3, -0.25) is 0 Å². The summed E-state index contributed by atoms with van der Waals surface area (Å²) in [6, 6.07) is 7.88. The fourth-order valence-corrected chi connectivity index (χ4v) is 2.11. The molecule has 1 aliphatic heterocycles. The van der Waals surface area contributed by atoms with E-state index in [1.54, 1.807) is 6.92 Å². The van der Waals surface area contributed by atoms with Crippen LogP contribution in [0.1, 0.15) is 31.4 Å². The molecule has 0 saturated heterocycles. The van der Waals surface area contributed by atoms with Crippen molar-refractivity contribution in [1.82, 2.24) is 0 Å². The molecule has 1 aromatic carbocycles. The summed E-state index contributed by atoms with van der Waals surface area (Å²) in [5.41, 5.74) is 3.54. The molecule has 0 amide bonds. The number of allylic oxidation sites excluding steroid dienone is 1. The fraction of sp³-hybridized carbons (Fsp3) is 0.312. The SMILES string of the molecule is C=C(C)C/C(C(=O)OCC)=C1\OCc2ccccc21. The van der Waals surface area contributed by atoms with Crippen LogP contribution in [0, 0.1) is 0 Å². The predicted molar refractivity (Wildman–Crippen MR) is 74.2 cm³/mol. The Labute approximate surface area is 113 Å². The van der Waals surface area contributed by atoms with Crippen molar-refractivity contribution < 1.29 is 14.3 Å². The van der Waals surface area contributed by atoms with Gasteiger partial charge in [-0.05, 0) is 13.8 Å². The van der Waals surface area contributed by atoms with E-state index < -0.39 is 0 Å². The molecule has 2 rings (SSSR count). The predicted octanol–water partition coefficient (Wildman–Crippen LogP) is 3.46. The monoisotopic (exact) mass is 258 g/mol. The van der Waals surface area contributed by atoms with Crippen LogP contribution >= 0.6 is 0 Å². The first-order chi connectivity index (χ1) is 9.13. The van der Waals surface area contributed by atoms with Crippen molar-refractivity contribution in [3.63, 3.8) is 0 Å². The Bertz CT molecular complexity index is 541. The average molecular weight is 258 g/mol. The van der Waals surface area contributed by atoms with Crippen LogP contribution in [-0.4, -0.2) is 12.6 Å². The minimum Gasteiger partial charge on any atom is -0.488 e. The molecule has 0 radical (unpaired) electrons. The largest absolute Gasteiger partial charge is 0.488 e. The molecule has 1 aromatic rings. The first kappa shape index (κ1) is 13.4. The molecule has 0 fully saturated rings. The van der Waals surface area contributed by atoms with Crippen LogP contribution in [0.5, 0.6) is 0 Å². The van der Waals surface area contributed by atoms with Crippen molar-refractivity contribution in [3.8, 4) is 0 Å². The standard InChI is InChI=1S/C16H18O3/c1-4-18-16(17)14(9-11(2)3)15-13-8-6-5-7-12(13)10-19-15/h5-8H,2,4,9-10H2,1,3H3/b15-14+. The second-order valence-electron chi connectivity index (χ2n) is 4.61. The Morgan fingerprint density at radius 3 is 2.84 bits per heavy atom. The summed E-state index contributed by atoms with van der Waals surface area (Å²) in [6.07, 6.45) is 0.475. The Morgan fingerprint density at radius 2 is 2.16 bits per heavy atom. The van der Waals surface area contributed by atoms with Gasteiger partial charge in [-0.15, -0.1) is 0 Å².